The second-order valence-corrected chi connectivity index (χ2v) is 5.53. The Morgan fingerprint density at radius 1 is 0.762 bits per heavy atom. The van der Waals surface area contributed by atoms with Gasteiger partial charge in [-0.3, -0.25) is 4.79 Å². The van der Waals surface area contributed by atoms with Crippen LogP contribution < -0.4 is 29.6 Å². The van der Waals surface area contributed by atoms with Crippen molar-refractivity contribution >= 4 is 5.97 Å². The molecule has 0 aliphatic heterocycles. The monoisotopic (exact) mass is 308 g/mol. The van der Waals surface area contributed by atoms with Crippen molar-refractivity contribution in [2.45, 2.75) is 104 Å². The molecule has 1 N–H and O–H groups in total. The molecule has 0 heterocycles. The van der Waals surface area contributed by atoms with E-state index in [1.54, 1.807) is 0 Å². The first kappa shape index (κ1) is 26.4. The van der Waals surface area contributed by atoms with Gasteiger partial charge in [0.05, 0.1) is 0 Å². The molecule has 0 rings (SSSR count). The SMILES string of the molecule is CCCCCCCCCCCC(=O)O.[CH2-]CCCCC.[Na+]. The molecule has 0 atom stereocenters. The van der Waals surface area contributed by atoms with Crippen LogP contribution in [0.5, 0.6) is 0 Å². The van der Waals surface area contributed by atoms with Crippen LogP contribution in [0.1, 0.15) is 104 Å². The minimum absolute atomic E-state index is 0. The van der Waals surface area contributed by atoms with Crippen molar-refractivity contribution in [1.82, 2.24) is 0 Å². The Balaban J connectivity index is -0.000000394. The molecule has 0 bridgehead atoms. The first-order valence-electron chi connectivity index (χ1n) is 8.70. The van der Waals surface area contributed by atoms with Gasteiger partial charge >= 0.3 is 35.5 Å². The maximum Gasteiger partial charge on any atom is 1.00 e. The molecule has 0 aliphatic rings. The molecular weight excluding hydrogens is 271 g/mol. The Morgan fingerprint density at radius 3 is 1.48 bits per heavy atom. The van der Waals surface area contributed by atoms with Crippen LogP contribution in [0.3, 0.4) is 0 Å². The standard InChI is InChI=1S/C12H24O2.C6H13.Na/c1-2-3-4-5-6-7-8-9-10-11-12(13)14;1-3-5-6-4-2;/h2-11H2,1H3,(H,13,14);1,3-6H2,2H3;/q;-1;+1. The van der Waals surface area contributed by atoms with Crippen molar-refractivity contribution < 1.29 is 39.5 Å². The summed E-state index contributed by atoms with van der Waals surface area (Å²) in [4.78, 5) is 10.2. The molecular formula is C18H37NaO2. The van der Waals surface area contributed by atoms with E-state index in [1.807, 2.05) is 0 Å². The quantitative estimate of drug-likeness (QED) is 0.322. The summed E-state index contributed by atoms with van der Waals surface area (Å²) >= 11 is 0. The number of carboxylic acids is 1. The third kappa shape index (κ3) is 33.4. The summed E-state index contributed by atoms with van der Waals surface area (Å²) in [6.45, 7) is 8.16. The second-order valence-electron chi connectivity index (χ2n) is 5.53. The van der Waals surface area contributed by atoms with E-state index in [0.717, 1.165) is 19.3 Å². The molecule has 0 aliphatic carbocycles. The Morgan fingerprint density at radius 2 is 1.14 bits per heavy atom. The van der Waals surface area contributed by atoms with Gasteiger partial charge in [0.25, 0.3) is 0 Å². The maximum absolute atomic E-state index is 10.2. The predicted molar refractivity (Wildman–Crippen MR) is 89.0 cm³/mol. The Labute approximate surface area is 155 Å². The summed E-state index contributed by atoms with van der Waals surface area (Å²) in [6, 6.07) is 0. The normalized spacial score (nSPS) is 9.48. The average molecular weight is 308 g/mol. The fourth-order valence-electron chi connectivity index (χ4n) is 2.01. The summed E-state index contributed by atoms with van der Waals surface area (Å²) in [6.07, 6.45) is 16.6. The van der Waals surface area contributed by atoms with Crippen LogP contribution >= 0.6 is 0 Å². The first-order chi connectivity index (χ1) is 9.68. The Bertz CT molecular complexity index is 180. The van der Waals surface area contributed by atoms with E-state index in [-0.39, 0.29) is 29.6 Å². The molecule has 0 aromatic carbocycles. The third-order valence-electron chi connectivity index (χ3n) is 3.35. The molecule has 3 heteroatoms. The number of hydrogen-bond donors (Lipinski definition) is 1. The van der Waals surface area contributed by atoms with Crippen LogP contribution in [0.4, 0.5) is 0 Å². The van der Waals surface area contributed by atoms with Gasteiger partial charge in [0.2, 0.25) is 0 Å². The van der Waals surface area contributed by atoms with Gasteiger partial charge in [0, 0.05) is 6.42 Å². The van der Waals surface area contributed by atoms with E-state index in [4.69, 9.17) is 5.11 Å². The van der Waals surface area contributed by atoms with E-state index >= 15 is 0 Å². The molecule has 21 heavy (non-hydrogen) atoms. The molecule has 122 valence electrons. The first-order valence-corrected chi connectivity index (χ1v) is 8.70. The molecule has 0 saturated heterocycles. The molecule has 0 saturated carbocycles. The van der Waals surface area contributed by atoms with Crippen LogP contribution in [-0.2, 0) is 4.79 Å². The summed E-state index contributed by atoms with van der Waals surface area (Å²) in [7, 11) is 0. The number of carboxylic acid groups (broad SMARTS) is 1. The minimum atomic E-state index is -0.659. The fourth-order valence-corrected chi connectivity index (χ4v) is 2.01. The number of rotatable bonds is 13. The molecule has 0 aromatic heterocycles. The van der Waals surface area contributed by atoms with Crippen molar-refractivity contribution in [3.8, 4) is 0 Å². The van der Waals surface area contributed by atoms with Crippen LogP contribution in [-0.4, -0.2) is 11.1 Å². The van der Waals surface area contributed by atoms with Gasteiger partial charge in [-0.2, -0.15) is 6.42 Å². The van der Waals surface area contributed by atoms with Crippen LogP contribution in [0.2, 0.25) is 0 Å². The van der Waals surface area contributed by atoms with Gasteiger partial charge in [-0.1, -0.05) is 84.5 Å². The van der Waals surface area contributed by atoms with E-state index in [9.17, 15) is 4.79 Å². The van der Waals surface area contributed by atoms with E-state index in [1.165, 1.54) is 64.2 Å². The molecule has 2 nitrogen and oxygen atoms in total. The zero-order chi connectivity index (χ0) is 15.5. The molecule has 0 fully saturated rings. The summed E-state index contributed by atoms with van der Waals surface area (Å²) in [5.74, 6) is -0.659. The number of hydrogen-bond acceptors (Lipinski definition) is 1. The van der Waals surface area contributed by atoms with Crippen LogP contribution in [0.15, 0.2) is 0 Å². The molecule has 0 unspecified atom stereocenters. The van der Waals surface area contributed by atoms with E-state index < -0.39 is 5.97 Å². The Hall–Kier alpha value is 0.470. The van der Waals surface area contributed by atoms with Crippen molar-refractivity contribution in [3.63, 3.8) is 0 Å². The van der Waals surface area contributed by atoms with E-state index in [0.29, 0.717) is 6.42 Å². The van der Waals surface area contributed by atoms with Crippen molar-refractivity contribution in [2.24, 2.45) is 0 Å². The van der Waals surface area contributed by atoms with Gasteiger partial charge in [-0.05, 0) is 6.42 Å². The number of carbonyl (C=O) groups is 1. The Kier molecular flexibility index (Phi) is 31.9. The smallest absolute Gasteiger partial charge is 0.481 e. The molecule has 0 amide bonds. The number of unbranched alkanes of at least 4 members (excludes halogenated alkanes) is 11. The topological polar surface area (TPSA) is 37.3 Å². The van der Waals surface area contributed by atoms with Crippen molar-refractivity contribution in [2.75, 3.05) is 0 Å². The van der Waals surface area contributed by atoms with Gasteiger partial charge in [-0.25, -0.2) is 0 Å². The van der Waals surface area contributed by atoms with Crippen LogP contribution in [0, 0.1) is 6.92 Å². The maximum atomic E-state index is 10.2. The van der Waals surface area contributed by atoms with Crippen molar-refractivity contribution in [1.29, 1.82) is 0 Å². The average Bonchev–Trinajstić information content (AvgIpc) is 2.43. The largest absolute Gasteiger partial charge is 1.00 e. The van der Waals surface area contributed by atoms with Crippen molar-refractivity contribution in [3.05, 3.63) is 6.92 Å². The molecule has 0 spiro atoms. The zero-order valence-electron chi connectivity index (χ0n) is 15.0. The summed E-state index contributed by atoms with van der Waals surface area (Å²) in [5.41, 5.74) is 0. The van der Waals surface area contributed by atoms with Gasteiger partial charge in [0.15, 0.2) is 0 Å². The van der Waals surface area contributed by atoms with Gasteiger partial charge in [-0.15, -0.1) is 0 Å². The van der Waals surface area contributed by atoms with E-state index in [2.05, 4.69) is 20.8 Å². The molecule has 0 radical (unpaired) electrons. The van der Waals surface area contributed by atoms with Gasteiger partial charge < -0.3 is 12.0 Å². The summed E-state index contributed by atoms with van der Waals surface area (Å²) < 4.78 is 0. The number of aliphatic carboxylic acids is 1. The minimum Gasteiger partial charge on any atom is -0.481 e. The predicted octanol–water partition coefficient (Wildman–Crippen LogP) is 3.40. The third-order valence-corrected chi connectivity index (χ3v) is 3.35. The van der Waals surface area contributed by atoms with Gasteiger partial charge in [0.1, 0.15) is 0 Å². The second kappa shape index (κ2) is 25.4. The molecule has 0 aromatic rings. The fraction of sp³-hybridized carbons (Fsp3) is 0.889. The van der Waals surface area contributed by atoms with Crippen LogP contribution in [0.25, 0.3) is 0 Å². The summed E-state index contributed by atoms with van der Waals surface area (Å²) in [5, 5.41) is 8.41. The zero-order valence-corrected chi connectivity index (χ0v) is 17.0.